The summed E-state index contributed by atoms with van der Waals surface area (Å²) in [5.74, 6) is -0.498. The van der Waals surface area contributed by atoms with Gasteiger partial charge < -0.3 is 10.6 Å². The maximum atomic E-state index is 12.7. The Morgan fingerprint density at radius 1 is 0.931 bits per heavy atom. The molecule has 2 amide bonds. The van der Waals surface area contributed by atoms with Crippen molar-refractivity contribution in [3.63, 3.8) is 0 Å². The molecule has 3 rings (SSSR count). The molecule has 6 nitrogen and oxygen atoms in total. The molecule has 6 heteroatoms. The Bertz CT molecular complexity index is 1100. The van der Waals surface area contributed by atoms with E-state index in [1.165, 1.54) is 18.5 Å². The second-order valence-electron chi connectivity index (χ2n) is 6.81. The summed E-state index contributed by atoms with van der Waals surface area (Å²) in [6.45, 7) is 4.11. The second kappa shape index (κ2) is 8.81. The number of anilines is 2. The quantitative estimate of drug-likeness (QED) is 0.673. The lowest BCUT2D eigenvalue weighted by Crippen LogP contribution is -2.17. The lowest BCUT2D eigenvalue weighted by molar-refractivity contribution is 0.102. The lowest BCUT2D eigenvalue weighted by atomic mass is 10.0. The van der Waals surface area contributed by atoms with Crippen molar-refractivity contribution in [2.75, 3.05) is 10.6 Å². The van der Waals surface area contributed by atoms with Crippen LogP contribution in [0.1, 0.15) is 51.6 Å². The Kier molecular flexibility index (Phi) is 6.00. The molecule has 1 heterocycles. The number of benzene rings is 2. The highest BCUT2D eigenvalue weighted by Crippen LogP contribution is 2.24. The molecule has 2 N–H and O–H groups in total. The van der Waals surface area contributed by atoms with E-state index in [2.05, 4.69) is 29.5 Å². The Morgan fingerprint density at radius 2 is 1.62 bits per heavy atom. The predicted molar refractivity (Wildman–Crippen MR) is 112 cm³/mol. The molecule has 2 aromatic carbocycles. The van der Waals surface area contributed by atoms with Gasteiger partial charge in [-0.15, -0.1) is 0 Å². The Balaban J connectivity index is 1.77. The van der Waals surface area contributed by atoms with Crippen molar-refractivity contribution >= 4 is 23.2 Å². The number of hydrogen-bond donors (Lipinski definition) is 2. The van der Waals surface area contributed by atoms with Gasteiger partial charge in [-0.25, -0.2) is 0 Å². The third-order valence-corrected chi connectivity index (χ3v) is 4.34. The fraction of sp³-hybridized carbons (Fsp3) is 0.130. The zero-order chi connectivity index (χ0) is 20.8. The molecule has 0 saturated heterocycles. The minimum absolute atomic E-state index is 0.247. The largest absolute Gasteiger partial charge is 0.322 e. The van der Waals surface area contributed by atoms with Crippen LogP contribution in [0.2, 0.25) is 0 Å². The summed E-state index contributed by atoms with van der Waals surface area (Å²) in [6, 6.07) is 17.7. The number of nitrogens with one attached hydrogen (secondary N) is 2. The first-order valence-corrected chi connectivity index (χ1v) is 9.15. The highest BCUT2D eigenvalue weighted by molar-refractivity contribution is 6.08. The normalized spacial score (nSPS) is 10.3. The number of amides is 2. The highest BCUT2D eigenvalue weighted by Gasteiger charge is 2.14. The molecule has 1 aromatic heterocycles. The molecular formula is C23H20N4O2. The number of carbonyl (C=O) groups is 2. The molecular weight excluding hydrogens is 364 g/mol. The van der Waals surface area contributed by atoms with Crippen LogP contribution in [0.3, 0.4) is 0 Å². The summed E-state index contributed by atoms with van der Waals surface area (Å²) in [5.41, 5.74) is 3.22. The molecule has 3 aromatic rings. The first-order chi connectivity index (χ1) is 14.0. The Hall–Kier alpha value is -3.98. The maximum Gasteiger partial charge on any atom is 0.257 e. The molecule has 0 unspecified atom stereocenters. The van der Waals surface area contributed by atoms with Crippen molar-refractivity contribution in [1.29, 1.82) is 5.26 Å². The van der Waals surface area contributed by atoms with Crippen LogP contribution in [0.5, 0.6) is 0 Å². The van der Waals surface area contributed by atoms with Crippen LogP contribution in [-0.4, -0.2) is 16.8 Å². The monoisotopic (exact) mass is 384 g/mol. The van der Waals surface area contributed by atoms with Gasteiger partial charge in [0.2, 0.25) is 0 Å². The fourth-order valence-corrected chi connectivity index (χ4v) is 2.87. The first kappa shape index (κ1) is 19.8. The van der Waals surface area contributed by atoms with Crippen LogP contribution in [0.4, 0.5) is 11.4 Å². The third-order valence-electron chi connectivity index (χ3n) is 4.34. The molecule has 0 aliphatic rings. The summed E-state index contributed by atoms with van der Waals surface area (Å²) in [6.07, 6.45) is 2.81. The van der Waals surface area contributed by atoms with Crippen molar-refractivity contribution in [2.24, 2.45) is 0 Å². The van der Waals surface area contributed by atoms with Crippen molar-refractivity contribution < 1.29 is 9.59 Å². The first-order valence-electron chi connectivity index (χ1n) is 9.15. The molecule has 144 valence electrons. The number of para-hydroxylation sites is 1. The average Bonchev–Trinajstić information content (AvgIpc) is 2.74. The zero-order valence-corrected chi connectivity index (χ0v) is 16.1. The number of aromatic nitrogens is 1. The van der Waals surface area contributed by atoms with Crippen LogP contribution in [-0.2, 0) is 0 Å². The molecule has 0 atom stereocenters. The smallest absolute Gasteiger partial charge is 0.257 e. The second-order valence-corrected chi connectivity index (χ2v) is 6.81. The zero-order valence-electron chi connectivity index (χ0n) is 16.1. The average molecular weight is 384 g/mol. The maximum absolute atomic E-state index is 12.7. The molecule has 0 radical (unpaired) electrons. The number of nitrogens with zero attached hydrogens (tertiary/aromatic N) is 2. The van der Waals surface area contributed by atoms with Gasteiger partial charge in [-0.3, -0.25) is 14.6 Å². The van der Waals surface area contributed by atoms with E-state index in [9.17, 15) is 9.59 Å². The molecule has 0 aliphatic heterocycles. The van der Waals surface area contributed by atoms with Crippen molar-refractivity contribution in [3.05, 3.63) is 89.2 Å². The molecule has 0 fully saturated rings. The minimum atomic E-state index is -0.412. The van der Waals surface area contributed by atoms with E-state index in [1.54, 1.807) is 24.3 Å². The van der Waals surface area contributed by atoms with Gasteiger partial charge >= 0.3 is 0 Å². The van der Waals surface area contributed by atoms with Gasteiger partial charge in [0.1, 0.15) is 0 Å². The van der Waals surface area contributed by atoms with E-state index in [1.807, 2.05) is 30.3 Å². The van der Waals surface area contributed by atoms with Crippen molar-refractivity contribution in [1.82, 2.24) is 4.98 Å². The summed E-state index contributed by atoms with van der Waals surface area (Å²) in [7, 11) is 0. The van der Waals surface area contributed by atoms with E-state index in [0.717, 1.165) is 11.3 Å². The van der Waals surface area contributed by atoms with E-state index in [0.29, 0.717) is 11.3 Å². The lowest BCUT2D eigenvalue weighted by Gasteiger charge is -2.13. The molecule has 0 bridgehead atoms. The van der Waals surface area contributed by atoms with Crippen molar-refractivity contribution in [2.45, 2.75) is 19.8 Å². The van der Waals surface area contributed by atoms with Gasteiger partial charge in [-0.1, -0.05) is 38.1 Å². The summed E-state index contributed by atoms with van der Waals surface area (Å²) in [4.78, 5) is 29.2. The number of pyridine rings is 1. The predicted octanol–water partition coefficient (Wildman–Crippen LogP) is 4.58. The van der Waals surface area contributed by atoms with Crippen LogP contribution in [0.25, 0.3) is 0 Å². The number of nitriles is 1. The topological polar surface area (TPSA) is 94.9 Å². The Labute approximate surface area is 169 Å². The van der Waals surface area contributed by atoms with E-state index >= 15 is 0 Å². The molecule has 0 aliphatic carbocycles. The van der Waals surface area contributed by atoms with Crippen LogP contribution < -0.4 is 10.6 Å². The van der Waals surface area contributed by atoms with Gasteiger partial charge in [0, 0.05) is 23.8 Å². The van der Waals surface area contributed by atoms with E-state index in [4.69, 9.17) is 5.26 Å². The Morgan fingerprint density at radius 3 is 2.31 bits per heavy atom. The number of rotatable bonds is 5. The van der Waals surface area contributed by atoms with Gasteiger partial charge in [0.25, 0.3) is 11.8 Å². The molecule has 0 spiro atoms. The third kappa shape index (κ3) is 4.85. The van der Waals surface area contributed by atoms with Crippen LogP contribution >= 0.6 is 0 Å². The van der Waals surface area contributed by atoms with Crippen LogP contribution in [0, 0.1) is 11.3 Å². The summed E-state index contributed by atoms with van der Waals surface area (Å²) in [5, 5.41) is 14.6. The van der Waals surface area contributed by atoms with Gasteiger partial charge in [0.05, 0.1) is 22.8 Å². The highest BCUT2D eigenvalue weighted by atomic mass is 16.2. The van der Waals surface area contributed by atoms with Gasteiger partial charge in [0.15, 0.2) is 0 Å². The molecule has 0 saturated carbocycles. The number of carbonyl (C=O) groups excluding carboxylic acids is 2. The standard InChI is InChI=1S/C23H20N4O2/c1-15(2)20-8-3-4-9-21(20)27-23(29)18-11-17(13-25-14-18)22(28)26-19-7-5-6-16(10-19)12-24/h3-11,13-15H,1-2H3,(H,26,28)(H,27,29). The van der Waals surface area contributed by atoms with E-state index < -0.39 is 5.91 Å². The van der Waals surface area contributed by atoms with Crippen LogP contribution in [0.15, 0.2) is 67.0 Å². The summed E-state index contributed by atoms with van der Waals surface area (Å²) < 4.78 is 0. The SMILES string of the molecule is CC(C)c1ccccc1NC(=O)c1cncc(C(=O)Nc2cccc(C#N)c2)c1. The van der Waals surface area contributed by atoms with E-state index in [-0.39, 0.29) is 23.0 Å². The van der Waals surface area contributed by atoms with Gasteiger partial charge in [-0.2, -0.15) is 5.26 Å². The number of hydrogen-bond acceptors (Lipinski definition) is 4. The summed E-state index contributed by atoms with van der Waals surface area (Å²) >= 11 is 0. The minimum Gasteiger partial charge on any atom is -0.322 e. The fourth-order valence-electron chi connectivity index (χ4n) is 2.87. The molecule has 29 heavy (non-hydrogen) atoms. The van der Waals surface area contributed by atoms with Crippen molar-refractivity contribution in [3.8, 4) is 6.07 Å². The van der Waals surface area contributed by atoms with Gasteiger partial charge in [-0.05, 0) is 41.8 Å².